The number of aromatic carboxylic acids is 1. The van der Waals surface area contributed by atoms with Crippen LogP contribution >= 0.6 is 0 Å². The highest BCUT2D eigenvalue weighted by atomic mass is 16.4. The van der Waals surface area contributed by atoms with E-state index in [1.54, 1.807) is 36.2 Å². The van der Waals surface area contributed by atoms with Gasteiger partial charge in [0.1, 0.15) is 0 Å². The van der Waals surface area contributed by atoms with E-state index < -0.39 is 5.97 Å². The number of nitriles is 1. The molecule has 5 heteroatoms. The van der Waals surface area contributed by atoms with Gasteiger partial charge >= 0.3 is 5.97 Å². The Bertz CT molecular complexity index is 644. The lowest BCUT2D eigenvalue weighted by molar-refractivity contribution is 0.0697. The first-order valence-electron chi connectivity index (χ1n) is 5.54. The fourth-order valence-corrected chi connectivity index (χ4v) is 1.73. The van der Waals surface area contributed by atoms with Crippen LogP contribution in [0.2, 0.25) is 0 Å². The number of hydrogen-bond acceptors (Lipinski definition) is 4. The highest BCUT2D eigenvalue weighted by molar-refractivity contribution is 5.95. The van der Waals surface area contributed by atoms with Gasteiger partial charge in [0.2, 0.25) is 0 Å². The third-order valence-corrected chi connectivity index (χ3v) is 2.78. The predicted octanol–water partition coefficient (Wildman–Crippen LogP) is 2.42. The summed E-state index contributed by atoms with van der Waals surface area (Å²) in [6.07, 6.45) is 2.95. The van der Waals surface area contributed by atoms with Crippen LogP contribution in [-0.4, -0.2) is 23.1 Å². The van der Waals surface area contributed by atoms with E-state index in [0.717, 1.165) is 5.69 Å². The second kappa shape index (κ2) is 5.19. The van der Waals surface area contributed by atoms with Crippen molar-refractivity contribution in [3.05, 3.63) is 53.9 Å². The molecule has 1 aromatic carbocycles. The Morgan fingerprint density at radius 1 is 1.32 bits per heavy atom. The minimum atomic E-state index is -1.00. The molecule has 0 saturated carbocycles. The van der Waals surface area contributed by atoms with Crippen LogP contribution in [0.5, 0.6) is 0 Å². The molecule has 0 aliphatic carbocycles. The zero-order valence-electron chi connectivity index (χ0n) is 10.2. The molecule has 19 heavy (non-hydrogen) atoms. The maximum atomic E-state index is 11.2. The average Bonchev–Trinajstić information content (AvgIpc) is 2.46. The van der Waals surface area contributed by atoms with Gasteiger partial charge in [-0.15, -0.1) is 0 Å². The number of anilines is 2. The zero-order chi connectivity index (χ0) is 13.8. The van der Waals surface area contributed by atoms with Gasteiger partial charge in [-0.2, -0.15) is 5.26 Å². The van der Waals surface area contributed by atoms with Crippen LogP contribution in [0.15, 0.2) is 42.7 Å². The Labute approximate surface area is 110 Å². The Morgan fingerprint density at radius 2 is 2.00 bits per heavy atom. The van der Waals surface area contributed by atoms with Crippen molar-refractivity contribution in [2.75, 3.05) is 11.9 Å². The number of rotatable bonds is 3. The van der Waals surface area contributed by atoms with Gasteiger partial charge < -0.3 is 10.0 Å². The highest BCUT2D eigenvalue weighted by Crippen LogP contribution is 2.26. The summed E-state index contributed by atoms with van der Waals surface area (Å²) in [7, 11) is 1.75. The van der Waals surface area contributed by atoms with Crippen LogP contribution < -0.4 is 4.90 Å². The lowest BCUT2D eigenvalue weighted by Gasteiger charge is -2.20. The summed E-state index contributed by atoms with van der Waals surface area (Å²) in [5.74, 6) is -1.00. The number of carboxylic acids is 1. The van der Waals surface area contributed by atoms with Crippen molar-refractivity contribution in [1.82, 2.24) is 4.98 Å². The van der Waals surface area contributed by atoms with Crippen molar-refractivity contribution in [3.63, 3.8) is 0 Å². The number of aromatic nitrogens is 1. The summed E-state index contributed by atoms with van der Waals surface area (Å²) in [6, 6.07) is 10.4. The summed E-state index contributed by atoms with van der Waals surface area (Å²) in [5.41, 5.74) is 2.03. The molecule has 0 bridgehead atoms. The van der Waals surface area contributed by atoms with E-state index in [-0.39, 0.29) is 5.56 Å². The molecular formula is C14H11N3O2. The van der Waals surface area contributed by atoms with E-state index in [1.165, 1.54) is 18.5 Å². The molecule has 94 valence electrons. The third kappa shape index (κ3) is 2.53. The van der Waals surface area contributed by atoms with Crippen LogP contribution in [-0.2, 0) is 0 Å². The molecule has 0 radical (unpaired) electrons. The Balaban J connectivity index is 2.41. The van der Waals surface area contributed by atoms with E-state index in [1.807, 2.05) is 6.07 Å². The lowest BCUT2D eigenvalue weighted by atomic mass is 10.1. The van der Waals surface area contributed by atoms with Crippen molar-refractivity contribution in [2.24, 2.45) is 0 Å². The normalized spacial score (nSPS) is 9.68. The van der Waals surface area contributed by atoms with E-state index in [4.69, 9.17) is 10.4 Å². The second-order valence-corrected chi connectivity index (χ2v) is 3.92. The lowest BCUT2D eigenvalue weighted by Crippen LogP contribution is -2.14. The number of carbonyl (C=O) groups is 1. The molecule has 0 fully saturated rings. The van der Waals surface area contributed by atoms with Crippen molar-refractivity contribution < 1.29 is 9.90 Å². The van der Waals surface area contributed by atoms with E-state index in [2.05, 4.69) is 4.98 Å². The average molecular weight is 253 g/mol. The van der Waals surface area contributed by atoms with E-state index in [9.17, 15) is 4.79 Å². The molecule has 0 amide bonds. The van der Waals surface area contributed by atoms with Gasteiger partial charge in [-0.25, -0.2) is 4.79 Å². The molecule has 0 aliphatic heterocycles. The van der Waals surface area contributed by atoms with Gasteiger partial charge in [0, 0.05) is 18.9 Å². The third-order valence-electron chi connectivity index (χ3n) is 2.78. The fourth-order valence-electron chi connectivity index (χ4n) is 1.73. The van der Waals surface area contributed by atoms with Gasteiger partial charge in [-0.1, -0.05) is 0 Å². The predicted molar refractivity (Wildman–Crippen MR) is 70.4 cm³/mol. The Hall–Kier alpha value is -2.87. The maximum absolute atomic E-state index is 11.2. The molecule has 5 nitrogen and oxygen atoms in total. The molecule has 0 atom stereocenters. The summed E-state index contributed by atoms with van der Waals surface area (Å²) in [5, 5.41) is 17.9. The molecular weight excluding hydrogens is 242 g/mol. The highest BCUT2D eigenvalue weighted by Gasteiger charge is 2.14. The number of carboxylic acid groups (broad SMARTS) is 1. The summed E-state index contributed by atoms with van der Waals surface area (Å²) in [6.45, 7) is 0. The van der Waals surface area contributed by atoms with Gasteiger partial charge in [-0.05, 0) is 30.3 Å². The zero-order valence-corrected chi connectivity index (χ0v) is 10.2. The first-order valence-corrected chi connectivity index (χ1v) is 5.54. The standard InChI is InChI=1S/C14H11N3O2/c1-17(11-4-2-10(8-15)3-5-11)13-9-16-7-6-12(13)14(18)19/h2-7,9H,1H3,(H,18,19). The first kappa shape index (κ1) is 12.6. The number of hydrogen-bond donors (Lipinski definition) is 1. The number of pyridine rings is 1. The van der Waals surface area contributed by atoms with Crippen molar-refractivity contribution in [2.45, 2.75) is 0 Å². The summed E-state index contributed by atoms with van der Waals surface area (Å²) >= 11 is 0. The van der Waals surface area contributed by atoms with Crippen molar-refractivity contribution in [1.29, 1.82) is 5.26 Å². The molecule has 0 saturated heterocycles. The SMILES string of the molecule is CN(c1ccc(C#N)cc1)c1cnccc1C(=O)O. The van der Waals surface area contributed by atoms with Gasteiger partial charge in [0.25, 0.3) is 0 Å². The smallest absolute Gasteiger partial charge is 0.337 e. The van der Waals surface area contributed by atoms with Gasteiger partial charge in [0.15, 0.2) is 0 Å². The van der Waals surface area contributed by atoms with E-state index in [0.29, 0.717) is 11.3 Å². The molecule has 2 rings (SSSR count). The Morgan fingerprint density at radius 3 is 2.58 bits per heavy atom. The quantitative estimate of drug-likeness (QED) is 0.908. The van der Waals surface area contributed by atoms with Gasteiger partial charge in [0.05, 0.1) is 29.1 Å². The molecule has 2 aromatic rings. The minimum absolute atomic E-state index is 0.182. The fraction of sp³-hybridized carbons (Fsp3) is 0.0714. The first-order chi connectivity index (χ1) is 9.13. The molecule has 1 heterocycles. The number of benzene rings is 1. The van der Waals surface area contributed by atoms with Crippen LogP contribution in [0.1, 0.15) is 15.9 Å². The van der Waals surface area contributed by atoms with Crippen LogP contribution in [0.3, 0.4) is 0 Å². The Kier molecular flexibility index (Phi) is 3.44. The number of nitrogens with zero attached hydrogens (tertiary/aromatic N) is 3. The van der Waals surface area contributed by atoms with Gasteiger partial charge in [-0.3, -0.25) is 4.98 Å². The second-order valence-electron chi connectivity index (χ2n) is 3.92. The minimum Gasteiger partial charge on any atom is -0.478 e. The van der Waals surface area contributed by atoms with Crippen LogP contribution in [0.4, 0.5) is 11.4 Å². The monoisotopic (exact) mass is 253 g/mol. The molecule has 0 unspecified atom stereocenters. The molecule has 0 aliphatic rings. The summed E-state index contributed by atoms with van der Waals surface area (Å²) < 4.78 is 0. The molecule has 1 N–H and O–H groups in total. The topological polar surface area (TPSA) is 77.2 Å². The summed E-state index contributed by atoms with van der Waals surface area (Å²) in [4.78, 5) is 16.8. The molecule has 0 spiro atoms. The van der Waals surface area contributed by atoms with Crippen molar-refractivity contribution >= 4 is 17.3 Å². The van der Waals surface area contributed by atoms with Crippen molar-refractivity contribution in [3.8, 4) is 6.07 Å². The largest absolute Gasteiger partial charge is 0.478 e. The maximum Gasteiger partial charge on any atom is 0.337 e. The van der Waals surface area contributed by atoms with Crippen LogP contribution in [0.25, 0.3) is 0 Å². The van der Waals surface area contributed by atoms with Crippen LogP contribution in [0, 0.1) is 11.3 Å². The molecule has 1 aromatic heterocycles. The van der Waals surface area contributed by atoms with E-state index >= 15 is 0 Å².